The lowest BCUT2D eigenvalue weighted by Crippen LogP contribution is -2.36. The van der Waals surface area contributed by atoms with Crippen LogP contribution in [-0.2, 0) is 0 Å². The molecule has 0 spiro atoms. The van der Waals surface area contributed by atoms with E-state index in [1.54, 1.807) is 0 Å². The predicted octanol–water partition coefficient (Wildman–Crippen LogP) is 4.57. The molecule has 1 aliphatic carbocycles. The van der Waals surface area contributed by atoms with Crippen molar-refractivity contribution >= 4 is 21.8 Å². The van der Waals surface area contributed by atoms with Gasteiger partial charge in [-0.1, -0.05) is 33.3 Å². The molecule has 2 rings (SSSR count). The normalized spacial score (nSPS) is 25.9. The Hall–Kier alpha value is -1.03. The van der Waals surface area contributed by atoms with Crippen LogP contribution in [-0.4, -0.2) is 11.9 Å². The van der Waals surface area contributed by atoms with Gasteiger partial charge in [0.2, 0.25) is 0 Å². The Morgan fingerprint density at radius 3 is 2.71 bits per heavy atom. The Morgan fingerprint density at radius 1 is 1.38 bits per heavy atom. The molecule has 1 saturated carbocycles. The van der Waals surface area contributed by atoms with E-state index in [0.29, 0.717) is 23.3 Å². The maximum atomic E-state index is 7.78. The van der Waals surface area contributed by atoms with E-state index in [1.165, 1.54) is 12.8 Å². The monoisotopic (exact) mass is 352 g/mol. The van der Waals surface area contributed by atoms with Crippen LogP contribution < -0.4 is 10.5 Å². The molecule has 3 atom stereocenters. The highest BCUT2D eigenvalue weighted by Crippen LogP contribution is 2.37. The van der Waals surface area contributed by atoms with Crippen LogP contribution in [0.3, 0.4) is 0 Å². The third kappa shape index (κ3) is 3.79. The van der Waals surface area contributed by atoms with Gasteiger partial charge >= 0.3 is 0 Å². The van der Waals surface area contributed by atoms with Gasteiger partial charge in [-0.05, 0) is 58.7 Å². The summed E-state index contributed by atoms with van der Waals surface area (Å²) < 4.78 is 7.14. The summed E-state index contributed by atoms with van der Waals surface area (Å²) in [7, 11) is 0. The number of hydrogen-bond acceptors (Lipinski definition) is 2. The number of rotatable bonds is 4. The molecular weight excluding hydrogens is 328 g/mol. The zero-order valence-corrected chi connectivity index (χ0v) is 14.6. The van der Waals surface area contributed by atoms with Gasteiger partial charge in [-0.15, -0.1) is 0 Å². The van der Waals surface area contributed by atoms with E-state index in [2.05, 4.69) is 36.7 Å². The largest absolute Gasteiger partial charge is 0.489 e. The number of nitrogens with two attached hydrogens (primary N) is 1. The second-order valence-electron chi connectivity index (χ2n) is 6.51. The van der Waals surface area contributed by atoms with Crippen LogP contribution >= 0.6 is 15.9 Å². The van der Waals surface area contributed by atoms with Crippen LogP contribution in [0.4, 0.5) is 0 Å². The Balaban J connectivity index is 2.27. The molecule has 3 nitrogen and oxygen atoms in total. The summed E-state index contributed by atoms with van der Waals surface area (Å²) in [6.07, 6.45) is 3.78. The highest BCUT2D eigenvalue weighted by atomic mass is 79.9. The molecule has 116 valence electrons. The van der Waals surface area contributed by atoms with Crippen LogP contribution in [0, 0.1) is 23.2 Å². The van der Waals surface area contributed by atoms with E-state index in [9.17, 15) is 0 Å². The number of amidine groups is 1. The van der Waals surface area contributed by atoms with Gasteiger partial charge < -0.3 is 10.5 Å². The van der Waals surface area contributed by atoms with Gasteiger partial charge in [0.25, 0.3) is 0 Å². The molecule has 0 radical (unpaired) electrons. The first-order chi connectivity index (χ1) is 9.90. The van der Waals surface area contributed by atoms with Crippen molar-refractivity contribution < 1.29 is 4.74 Å². The smallest absolute Gasteiger partial charge is 0.131 e. The van der Waals surface area contributed by atoms with Crippen molar-refractivity contribution in [3.8, 4) is 5.75 Å². The van der Waals surface area contributed by atoms with E-state index in [0.717, 1.165) is 16.6 Å². The van der Waals surface area contributed by atoms with Gasteiger partial charge in [-0.3, -0.25) is 5.41 Å². The molecule has 1 aromatic carbocycles. The fourth-order valence-electron chi connectivity index (χ4n) is 3.28. The maximum Gasteiger partial charge on any atom is 0.131 e. The van der Waals surface area contributed by atoms with Crippen molar-refractivity contribution in [3.63, 3.8) is 0 Å². The average Bonchev–Trinajstić information content (AvgIpc) is 2.37. The Kier molecular flexibility index (Phi) is 5.31. The predicted molar refractivity (Wildman–Crippen MR) is 90.9 cm³/mol. The zero-order chi connectivity index (χ0) is 15.6. The second kappa shape index (κ2) is 6.82. The molecule has 0 saturated heterocycles. The molecule has 0 aliphatic heterocycles. The van der Waals surface area contributed by atoms with Crippen molar-refractivity contribution in [1.82, 2.24) is 0 Å². The highest BCUT2D eigenvalue weighted by Gasteiger charge is 2.32. The van der Waals surface area contributed by atoms with Crippen molar-refractivity contribution in [1.29, 1.82) is 5.41 Å². The summed E-state index contributed by atoms with van der Waals surface area (Å²) in [5.74, 6) is 2.64. The van der Waals surface area contributed by atoms with Gasteiger partial charge in [0.15, 0.2) is 0 Å². The molecule has 0 amide bonds. The first-order valence-corrected chi connectivity index (χ1v) is 8.49. The molecule has 3 unspecified atom stereocenters. The lowest BCUT2D eigenvalue weighted by molar-refractivity contribution is 0.0458. The van der Waals surface area contributed by atoms with E-state index in [-0.39, 0.29) is 11.9 Å². The molecule has 3 N–H and O–H groups in total. The molecule has 0 heterocycles. The number of nitrogen functional groups attached to an aromatic ring is 1. The molecule has 1 aromatic rings. The minimum Gasteiger partial charge on any atom is -0.489 e. The fraction of sp³-hybridized carbons (Fsp3) is 0.588. The fourth-order valence-corrected chi connectivity index (χ4v) is 3.84. The summed E-state index contributed by atoms with van der Waals surface area (Å²) in [5, 5.41) is 7.78. The number of benzene rings is 1. The number of ether oxygens (including phenoxy) is 1. The van der Waals surface area contributed by atoms with Gasteiger partial charge in [0, 0.05) is 4.47 Å². The Morgan fingerprint density at radius 2 is 2.10 bits per heavy atom. The molecule has 1 aliphatic rings. The van der Waals surface area contributed by atoms with Crippen LogP contribution in [0.25, 0.3) is 0 Å². The molecule has 0 bridgehead atoms. The molecule has 21 heavy (non-hydrogen) atoms. The lowest BCUT2D eigenvalue weighted by Gasteiger charge is -2.37. The second-order valence-corrected chi connectivity index (χ2v) is 7.36. The van der Waals surface area contributed by atoms with Gasteiger partial charge in [-0.25, -0.2) is 0 Å². The summed E-state index contributed by atoms with van der Waals surface area (Å²) in [6, 6.07) is 5.74. The molecule has 4 heteroatoms. The summed E-state index contributed by atoms with van der Waals surface area (Å²) >= 11 is 3.47. The third-order valence-corrected chi connectivity index (χ3v) is 5.15. The third-order valence-electron chi connectivity index (χ3n) is 4.48. The zero-order valence-electron chi connectivity index (χ0n) is 13.0. The minimum atomic E-state index is 0.0439. The number of hydrogen-bond donors (Lipinski definition) is 2. The van der Waals surface area contributed by atoms with E-state index >= 15 is 0 Å². The molecular formula is C17H25BrN2O. The standard InChI is InChI=1S/C17H25BrN2O/c1-10(2)12-8-7-11(3)9-15(12)21-14-6-4-5-13(18)16(14)17(19)20/h4-6,10-12,15H,7-9H2,1-3H3,(H3,19,20). The topological polar surface area (TPSA) is 59.1 Å². The van der Waals surface area contributed by atoms with E-state index < -0.39 is 0 Å². The van der Waals surface area contributed by atoms with Crippen molar-refractivity contribution in [2.75, 3.05) is 0 Å². The summed E-state index contributed by atoms with van der Waals surface area (Å²) in [5.41, 5.74) is 6.38. The highest BCUT2D eigenvalue weighted by molar-refractivity contribution is 9.10. The summed E-state index contributed by atoms with van der Waals surface area (Å²) in [4.78, 5) is 0. The van der Waals surface area contributed by atoms with E-state index in [4.69, 9.17) is 15.9 Å². The SMILES string of the molecule is CC1CCC(C(C)C)C(Oc2cccc(Br)c2C(=N)N)C1. The number of halogens is 1. The Bertz CT molecular complexity index is 516. The first kappa shape index (κ1) is 16.3. The quantitative estimate of drug-likeness (QED) is 0.615. The van der Waals surface area contributed by atoms with Gasteiger partial charge in [0.05, 0.1) is 5.56 Å². The first-order valence-electron chi connectivity index (χ1n) is 7.69. The summed E-state index contributed by atoms with van der Waals surface area (Å²) in [6.45, 7) is 6.83. The molecule has 0 aromatic heterocycles. The van der Waals surface area contributed by atoms with Gasteiger partial charge in [-0.2, -0.15) is 0 Å². The van der Waals surface area contributed by atoms with Crippen molar-refractivity contribution in [3.05, 3.63) is 28.2 Å². The van der Waals surface area contributed by atoms with Crippen LogP contribution in [0.5, 0.6) is 5.75 Å². The van der Waals surface area contributed by atoms with Crippen molar-refractivity contribution in [2.24, 2.45) is 23.5 Å². The Labute approximate surface area is 135 Å². The molecule has 1 fully saturated rings. The minimum absolute atomic E-state index is 0.0439. The van der Waals surface area contributed by atoms with Crippen LogP contribution in [0.2, 0.25) is 0 Å². The van der Waals surface area contributed by atoms with Crippen molar-refractivity contribution in [2.45, 2.75) is 46.1 Å². The van der Waals surface area contributed by atoms with Crippen LogP contribution in [0.1, 0.15) is 45.6 Å². The lowest BCUT2D eigenvalue weighted by atomic mass is 9.75. The van der Waals surface area contributed by atoms with Gasteiger partial charge in [0.1, 0.15) is 17.7 Å². The van der Waals surface area contributed by atoms with Crippen LogP contribution in [0.15, 0.2) is 22.7 Å². The maximum absolute atomic E-state index is 7.78. The van der Waals surface area contributed by atoms with E-state index in [1.807, 2.05) is 18.2 Å². The average molecular weight is 353 g/mol. The number of nitrogens with one attached hydrogen (secondary N) is 1.